The maximum atomic E-state index is 12.8. The topological polar surface area (TPSA) is 92.8 Å². The number of hydrogen-bond donors (Lipinski definition) is 2. The number of carbonyl (C=O) groups excluding carboxylic acids is 2. The Labute approximate surface area is 205 Å². The van der Waals surface area contributed by atoms with Crippen LogP contribution in [0.15, 0.2) is 66.9 Å². The van der Waals surface area contributed by atoms with Crippen LogP contribution >= 0.6 is 0 Å². The van der Waals surface area contributed by atoms with Crippen molar-refractivity contribution in [1.29, 1.82) is 0 Å². The van der Waals surface area contributed by atoms with Crippen LogP contribution in [0.2, 0.25) is 0 Å². The standard InChI is InChI=1S/C27H30N4O4/c1-3-35-23-9-7-21(8-10-23)29-26(32)19-12-15-31(16-13-19)25-17-20(11-14-28-25)27(33)30-22-5-4-6-24(18-22)34-2/h4-11,14,17-19H,3,12-13,15-16H2,1-2H3,(H,29,32)(H,30,33). The number of benzene rings is 2. The summed E-state index contributed by atoms with van der Waals surface area (Å²) in [7, 11) is 1.59. The maximum absolute atomic E-state index is 12.8. The Bertz CT molecular complexity index is 1160. The zero-order valence-electron chi connectivity index (χ0n) is 20.0. The first-order valence-electron chi connectivity index (χ1n) is 11.8. The van der Waals surface area contributed by atoms with Gasteiger partial charge in [0.2, 0.25) is 5.91 Å². The van der Waals surface area contributed by atoms with E-state index in [1.807, 2.05) is 49.4 Å². The number of aromatic nitrogens is 1. The molecule has 1 saturated heterocycles. The highest BCUT2D eigenvalue weighted by Gasteiger charge is 2.26. The van der Waals surface area contributed by atoms with Gasteiger partial charge in [0.15, 0.2) is 0 Å². The highest BCUT2D eigenvalue weighted by molar-refractivity contribution is 6.04. The van der Waals surface area contributed by atoms with Crippen molar-refractivity contribution < 1.29 is 19.1 Å². The molecule has 1 aliphatic heterocycles. The van der Waals surface area contributed by atoms with Gasteiger partial charge in [0.05, 0.1) is 13.7 Å². The van der Waals surface area contributed by atoms with Gasteiger partial charge in [-0.3, -0.25) is 9.59 Å². The van der Waals surface area contributed by atoms with E-state index in [2.05, 4.69) is 20.5 Å². The monoisotopic (exact) mass is 474 g/mol. The number of rotatable bonds is 8. The molecule has 2 heterocycles. The van der Waals surface area contributed by atoms with Gasteiger partial charge in [0.25, 0.3) is 5.91 Å². The molecule has 0 unspecified atom stereocenters. The molecule has 0 spiro atoms. The van der Waals surface area contributed by atoms with Gasteiger partial charge in [-0.25, -0.2) is 4.98 Å². The lowest BCUT2D eigenvalue weighted by molar-refractivity contribution is -0.120. The van der Waals surface area contributed by atoms with E-state index in [4.69, 9.17) is 9.47 Å². The van der Waals surface area contributed by atoms with Gasteiger partial charge in [-0.15, -0.1) is 0 Å². The third-order valence-electron chi connectivity index (χ3n) is 5.96. The second-order valence-corrected chi connectivity index (χ2v) is 8.30. The van der Waals surface area contributed by atoms with Crippen LogP contribution in [0.3, 0.4) is 0 Å². The third kappa shape index (κ3) is 6.29. The van der Waals surface area contributed by atoms with Crippen molar-refractivity contribution in [2.75, 3.05) is 42.3 Å². The van der Waals surface area contributed by atoms with E-state index in [-0.39, 0.29) is 17.7 Å². The Balaban J connectivity index is 1.32. The van der Waals surface area contributed by atoms with Crippen LogP contribution in [0.4, 0.5) is 17.2 Å². The maximum Gasteiger partial charge on any atom is 0.255 e. The van der Waals surface area contributed by atoms with E-state index in [1.54, 1.807) is 31.5 Å². The smallest absolute Gasteiger partial charge is 0.255 e. The highest BCUT2D eigenvalue weighted by atomic mass is 16.5. The van der Waals surface area contributed by atoms with Gasteiger partial charge < -0.3 is 25.0 Å². The van der Waals surface area contributed by atoms with Gasteiger partial charge >= 0.3 is 0 Å². The molecule has 4 rings (SSSR count). The molecule has 8 heteroatoms. The van der Waals surface area contributed by atoms with Crippen molar-refractivity contribution >= 4 is 29.0 Å². The first-order valence-corrected chi connectivity index (χ1v) is 11.8. The van der Waals surface area contributed by atoms with Crippen LogP contribution in [0, 0.1) is 5.92 Å². The van der Waals surface area contributed by atoms with E-state index in [0.29, 0.717) is 49.5 Å². The Kier molecular flexibility index (Phi) is 7.82. The fourth-order valence-corrected chi connectivity index (χ4v) is 4.05. The van der Waals surface area contributed by atoms with Crippen molar-refractivity contribution in [2.24, 2.45) is 5.92 Å². The molecule has 2 aromatic carbocycles. The summed E-state index contributed by atoms with van der Waals surface area (Å²) in [5, 5.41) is 5.89. The molecule has 1 aliphatic rings. The second kappa shape index (κ2) is 11.4. The highest BCUT2D eigenvalue weighted by Crippen LogP contribution is 2.25. The number of methoxy groups -OCH3 is 1. The molecule has 0 bridgehead atoms. The van der Waals surface area contributed by atoms with Crippen molar-refractivity contribution in [3.63, 3.8) is 0 Å². The van der Waals surface area contributed by atoms with Crippen LogP contribution in [0.1, 0.15) is 30.1 Å². The number of amides is 2. The summed E-state index contributed by atoms with van der Waals surface area (Å²) in [5.41, 5.74) is 1.94. The third-order valence-corrected chi connectivity index (χ3v) is 5.96. The van der Waals surface area contributed by atoms with Crippen LogP contribution < -0.4 is 25.0 Å². The van der Waals surface area contributed by atoms with Crippen molar-refractivity contribution in [2.45, 2.75) is 19.8 Å². The number of ether oxygens (including phenoxy) is 2. The first-order chi connectivity index (χ1) is 17.1. The SMILES string of the molecule is CCOc1ccc(NC(=O)C2CCN(c3cc(C(=O)Nc4cccc(OC)c4)ccn3)CC2)cc1. The van der Waals surface area contributed by atoms with E-state index < -0.39 is 0 Å². The Morgan fingerprint density at radius 1 is 0.971 bits per heavy atom. The first kappa shape index (κ1) is 24.1. The average molecular weight is 475 g/mol. The summed E-state index contributed by atoms with van der Waals surface area (Å²) in [6, 6.07) is 18.1. The number of piperidine rings is 1. The van der Waals surface area contributed by atoms with Gasteiger partial charge in [0.1, 0.15) is 17.3 Å². The average Bonchev–Trinajstić information content (AvgIpc) is 2.90. The van der Waals surface area contributed by atoms with E-state index in [0.717, 1.165) is 17.3 Å². The minimum absolute atomic E-state index is 0.0215. The summed E-state index contributed by atoms with van der Waals surface area (Å²) in [6.07, 6.45) is 3.07. The molecule has 182 valence electrons. The number of nitrogens with one attached hydrogen (secondary N) is 2. The number of nitrogens with zero attached hydrogens (tertiary/aromatic N) is 2. The predicted octanol–water partition coefficient (Wildman–Crippen LogP) is 4.60. The van der Waals surface area contributed by atoms with E-state index in [9.17, 15) is 9.59 Å². The van der Waals surface area contributed by atoms with Crippen LogP contribution in [0.5, 0.6) is 11.5 Å². The summed E-state index contributed by atoms with van der Waals surface area (Å²) in [5.74, 6) is 1.92. The molecule has 35 heavy (non-hydrogen) atoms. The minimum atomic E-state index is -0.216. The lowest BCUT2D eigenvalue weighted by Crippen LogP contribution is -2.38. The number of hydrogen-bond acceptors (Lipinski definition) is 6. The fraction of sp³-hybridized carbons (Fsp3) is 0.296. The van der Waals surface area contributed by atoms with Crippen LogP contribution in [-0.4, -0.2) is 43.6 Å². The molecule has 0 atom stereocenters. The molecule has 0 saturated carbocycles. The van der Waals surface area contributed by atoms with E-state index >= 15 is 0 Å². The molecular weight excluding hydrogens is 444 g/mol. The number of carbonyl (C=O) groups is 2. The molecule has 2 N–H and O–H groups in total. The molecule has 8 nitrogen and oxygen atoms in total. The largest absolute Gasteiger partial charge is 0.497 e. The Hall–Kier alpha value is -4.07. The molecule has 2 amide bonds. The van der Waals surface area contributed by atoms with Gasteiger partial charge in [-0.05, 0) is 68.3 Å². The van der Waals surface area contributed by atoms with Crippen LogP contribution in [-0.2, 0) is 4.79 Å². The molecule has 0 aliphatic carbocycles. The number of anilines is 3. The normalized spacial score (nSPS) is 13.7. The predicted molar refractivity (Wildman–Crippen MR) is 136 cm³/mol. The number of pyridine rings is 1. The second-order valence-electron chi connectivity index (χ2n) is 8.30. The minimum Gasteiger partial charge on any atom is -0.497 e. The van der Waals surface area contributed by atoms with Crippen LogP contribution in [0.25, 0.3) is 0 Å². The van der Waals surface area contributed by atoms with Gasteiger partial charge in [-0.1, -0.05) is 6.07 Å². The Morgan fingerprint density at radius 2 is 1.74 bits per heavy atom. The zero-order valence-corrected chi connectivity index (χ0v) is 20.0. The molecule has 1 fully saturated rings. The lowest BCUT2D eigenvalue weighted by atomic mass is 9.95. The van der Waals surface area contributed by atoms with Crippen molar-refractivity contribution in [3.8, 4) is 11.5 Å². The summed E-state index contributed by atoms with van der Waals surface area (Å²) >= 11 is 0. The van der Waals surface area contributed by atoms with Crippen molar-refractivity contribution in [3.05, 3.63) is 72.4 Å². The summed E-state index contributed by atoms with van der Waals surface area (Å²) in [4.78, 5) is 32.1. The summed E-state index contributed by atoms with van der Waals surface area (Å²) < 4.78 is 10.7. The fourth-order valence-electron chi connectivity index (χ4n) is 4.05. The summed E-state index contributed by atoms with van der Waals surface area (Å²) in [6.45, 7) is 3.92. The van der Waals surface area contributed by atoms with Gasteiger partial charge in [-0.2, -0.15) is 0 Å². The van der Waals surface area contributed by atoms with E-state index in [1.165, 1.54) is 0 Å². The quantitative estimate of drug-likeness (QED) is 0.496. The van der Waals surface area contributed by atoms with Crippen molar-refractivity contribution in [1.82, 2.24) is 4.98 Å². The lowest BCUT2D eigenvalue weighted by Gasteiger charge is -2.32. The van der Waals surface area contributed by atoms with Gasteiger partial charge in [0, 0.05) is 48.2 Å². The zero-order chi connectivity index (χ0) is 24.6. The molecule has 0 radical (unpaired) electrons. The molecular formula is C27H30N4O4. The molecule has 1 aromatic heterocycles. The molecule has 3 aromatic rings. The Morgan fingerprint density at radius 3 is 2.46 bits per heavy atom.